The molecular weight excluding hydrogens is 398 g/mol. The van der Waals surface area contributed by atoms with Crippen LogP contribution in [0.1, 0.15) is 109 Å². The van der Waals surface area contributed by atoms with Gasteiger partial charge in [0.15, 0.2) is 0 Å². The predicted molar refractivity (Wildman–Crippen MR) is 125 cm³/mol. The third kappa shape index (κ3) is 11.6. The molecular formula is C24H41NO4S. The summed E-state index contributed by atoms with van der Waals surface area (Å²) in [7, 11) is 0. The van der Waals surface area contributed by atoms with Crippen molar-refractivity contribution in [3.8, 4) is 0 Å². The SMILES string of the molecule is CCCCCCC(CC)CCCCCOC(=O)Nc1sccc1C(=O)OC(C)(C)C. The van der Waals surface area contributed by atoms with E-state index >= 15 is 0 Å². The number of ether oxygens (including phenoxy) is 2. The van der Waals surface area contributed by atoms with Gasteiger partial charge in [-0.15, -0.1) is 11.3 Å². The summed E-state index contributed by atoms with van der Waals surface area (Å²) < 4.78 is 10.7. The Morgan fingerprint density at radius 3 is 2.30 bits per heavy atom. The van der Waals surface area contributed by atoms with Gasteiger partial charge < -0.3 is 9.47 Å². The lowest BCUT2D eigenvalue weighted by Gasteiger charge is -2.19. The van der Waals surface area contributed by atoms with Crippen molar-refractivity contribution in [1.82, 2.24) is 0 Å². The van der Waals surface area contributed by atoms with Gasteiger partial charge in [0, 0.05) is 0 Å². The number of thiophene rings is 1. The van der Waals surface area contributed by atoms with Crippen LogP contribution >= 0.6 is 11.3 Å². The van der Waals surface area contributed by atoms with Crippen LogP contribution in [-0.4, -0.2) is 24.3 Å². The minimum atomic E-state index is -0.580. The maximum atomic E-state index is 12.2. The van der Waals surface area contributed by atoms with Gasteiger partial charge in [-0.05, 0) is 44.6 Å². The largest absolute Gasteiger partial charge is 0.456 e. The van der Waals surface area contributed by atoms with E-state index in [-0.39, 0.29) is 0 Å². The molecule has 172 valence electrons. The smallest absolute Gasteiger partial charge is 0.412 e. The first-order chi connectivity index (χ1) is 14.3. The van der Waals surface area contributed by atoms with Gasteiger partial charge in [-0.2, -0.15) is 0 Å². The lowest BCUT2D eigenvalue weighted by atomic mass is 9.93. The normalized spacial score (nSPS) is 12.4. The molecule has 0 spiro atoms. The number of hydrogen-bond donors (Lipinski definition) is 1. The molecule has 6 heteroatoms. The van der Waals surface area contributed by atoms with E-state index in [1.54, 1.807) is 11.4 Å². The summed E-state index contributed by atoms with van der Waals surface area (Å²) in [5, 5.41) is 4.88. The standard InChI is InChI=1S/C24H41NO4S/c1-6-8-9-11-14-19(7-2)15-12-10-13-17-28-23(27)25-21-20(16-18-30-21)22(26)29-24(3,4)5/h16,18-19H,6-15,17H2,1-5H3,(H,25,27). The molecule has 0 saturated carbocycles. The van der Waals surface area contributed by atoms with E-state index in [1.165, 1.54) is 62.7 Å². The zero-order valence-corrected chi connectivity index (χ0v) is 20.4. The van der Waals surface area contributed by atoms with Gasteiger partial charge in [0.1, 0.15) is 10.6 Å². The van der Waals surface area contributed by atoms with Crippen LogP contribution in [0.15, 0.2) is 11.4 Å². The van der Waals surface area contributed by atoms with Crippen LogP contribution in [0.2, 0.25) is 0 Å². The monoisotopic (exact) mass is 439 g/mol. The highest BCUT2D eigenvalue weighted by atomic mass is 32.1. The quantitative estimate of drug-likeness (QED) is 0.237. The summed E-state index contributed by atoms with van der Waals surface area (Å²) in [6.07, 6.45) is 11.8. The average molecular weight is 440 g/mol. The fourth-order valence-electron chi connectivity index (χ4n) is 3.32. The van der Waals surface area contributed by atoms with Crippen molar-refractivity contribution in [2.45, 2.75) is 104 Å². The Morgan fingerprint density at radius 2 is 1.70 bits per heavy atom. The molecule has 1 amide bonds. The number of rotatable bonds is 14. The number of hydrogen-bond acceptors (Lipinski definition) is 5. The zero-order valence-electron chi connectivity index (χ0n) is 19.6. The number of esters is 1. The van der Waals surface area contributed by atoms with Gasteiger partial charge >= 0.3 is 12.1 Å². The van der Waals surface area contributed by atoms with E-state index in [0.29, 0.717) is 17.2 Å². The molecule has 1 aromatic rings. The second-order valence-corrected chi connectivity index (χ2v) is 9.82. The Morgan fingerprint density at radius 1 is 1.03 bits per heavy atom. The summed E-state index contributed by atoms with van der Waals surface area (Å²) in [5.41, 5.74) is -0.222. The van der Waals surface area contributed by atoms with Crippen LogP contribution in [0.5, 0.6) is 0 Å². The lowest BCUT2D eigenvalue weighted by Crippen LogP contribution is -2.24. The van der Waals surface area contributed by atoms with Crippen molar-refractivity contribution in [2.75, 3.05) is 11.9 Å². The van der Waals surface area contributed by atoms with Gasteiger partial charge in [0.05, 0.1) is 12.2 Å². The van der Waals surface area contributed by atoms with Crippen LogP contribution in [-0.2, 0) is 9.47 Å². The number of carbonyl (C=O) groups excluding carboxylic acids is 2. The van der Waals surface area contributed by atoms with Crippen molar-refractivity contribution in [3.63, 3.8) is 0 Å². The summed E-state index contributed by atoms with van der Waals surface area (Å²) in [6, 6.07) is 1.65. The molecule has 0 radical (unpaired) electrons. The summed E-state index contributed by atoms with van der Waals surface area (Å²) >= 11 is 1.28. The second-order valence-electron chi connectivity index (χ2n) is 8.90. The second kappa shape index (κ2) is 14.4. The molecule has 0 saturated heterocycles. The first kappa shape index (κ1) is 26.5. The molecule has 5 nitrogen and oxygen atoms in total. The van der Waals surface area contributed by atoms with E-state index in [2.05, 4.69) is 19.2 Å². The molecule has 0 aliphatic carbocycles. The van der Waals surface area contributed by atoms with Crippen LogP contribution in [0, 0.1) is 5.92 Å². The summed E-state index contributed by atoms with van der Waals surface area (Å²) in [6.45, 7) is 10.4. The minimum absolute atomic E-state index is 0.358. The highest BCUT2D eigenvalue weighted by Crippen LogP contribution is 2.26. The number of amides is 1. The minimum Gasteiger partial charge on any atom is -0.456 e. The maximum Gasteiger partial charge on any atom is 0.412 e. The molecule has 0 aromatic carbocycles. The van der Waals surface area contributed by atoms with Gasteiger partial charge in [0.2, 0.25) is 0 Å². The van der Waals surface area contributed by atoms with Crippen molar-refractivity contribution in [3.05, 3.63) is 17.0 Å². The van der Waals surface area contributed by atoms with Crippen molar-refractivity contribution < 1.29 is 19.1 Å². The van der Waals surface area contributed by atoms with Crippen molar-refractivity contribution >= 4 is 28.4 Å². The summed E-state index contributed by atoms with van der Waals surface area (Å²) in [4.78, 5) is 24.3. The number of unbranched alkanes of at least 4 members (excludes halogenated alkanes) is 5. The molecule has 1 aromatic heterocycles. The molecule has 1 unspecified atom stereocenters. The fourth-order valence-corrected chi connectivity index (χ4v) is 4.08. The molecule has 1 heterocycles. The summed E-state index contributed by atoms with van der Waals surface area (Å²) in [5.74, 6) is 0.385. The third-order valence-corrected chi connectivity index (χ3v) is 5.86. The Bertz CT molecular complexity index is 621. The maximum absolute atomic E-state index is 12.2. The molecule has 0 fully saturated rings. The van der Waals surface area contributed by atoms with E-state index in [4.69, 9.17) is 9.47 Å². The van der Waals surface area contributed by atoms with Crippen LogP contribution < -0.4 is 5.32 Å². The molecule has 1 N–H and O–H groups in total. The number of anilines is 1. The van der Waals surface area contributed by atoms with E-state index < -0.39 is 17.7 Å². The van der Waals surface area contributed by atoms with Crippen molar-refractivity contribution in [1.29, 1.82) is 0 Å². The average Bonchev–Trinajstić information content (AvgIpc) is 3.13. The molecule has 1 atom stereocenters. The van der Waals surface area contributed by atoms with Gasteiger partial charge in [-0.25, -0.2) is 9.59 Å². The van der Waals surface area contributed by atoms with E-state index in [9.17, 15) is 9.59 Å². The van der Waals surface area contributed by atoms with E-state index in [0.717, 1.165) is 18.8 Å². The number of nitrogens with one attached hydrogen (secondary N) is 1. The first-order valence-electron chi connectivity index (χ1n) is 11.5. The van der Waals surface area contributed by atoms with Gasteiger partial charge in [0.25, 0.3) is 0 Å². The van der Waals surface area contributed by atoms with Crippen LogP contribution in [0.3, 0.4) is 0 Å². The van der Waals surface area contributed by atoms with Gasteiger partial charge in [-0.1, -0.05) is 71.6 Å². The van der Waals surface area contributed by atoms with Gasteiger partial charge in [-0.3, -0.25) is 5.32 Å². The zero-order chi connectivity index (χ0) is 22.4. The van der Waals surface area contributed by atoms with Crippen molar-refractivity contribution in [2.24, 2.45) is 5.92 Å². The predicted octanol–water partition coefficient (Wildman–Crippen LogP) is 7.81. The number of carbonyl (C=O) groups is 2. The topological polar surface area (TPSA) is 64.6 Å². The highest BCUT2D eigenvalue weighted by Gasteiger charge is 2.22. The molecule has 0 aliphatic rings. The first-order valence-corrected chi connectivity index (χ1v) is 12.4. The van der Waals surface area contributed by atoms with Crippen LogP contribution in [0.25, 0.3) is 0 Å². The Kier molecular flexibility index (Phi) is 12.7. The fraction of sp³-hybridized carbons (Fsp3) is 0.750. The lowest BCUT2D eigenvalue weighted by molar-refractivity contribution is 0.00713. The highest BCUT2D eigenvalue weighted by molar-refractivity contribution is 7.14. The Labute approximate surface area is 186 Å². The molecule has 1 rings (SSSR count). The third-order valence-electron chi connectivity index (χ3n) is 5.03. The Balaban J connectivity index is 2.23. The molecule has 0 bridgehead atoms. The Hall–Kier alpha value is -1.56. The molecule has 30 heavy (non-hydrogen) atoms. The van der Waals surface area contributed by atoms with Crippen LogP contribution in [0.4, 0.5) is 9.80 Å². The molecule has 0 aliphatic heterocycles. The van der Waals surface area contributed by atoms with E-state index in [1.807, 2.05) is 20.8 Å².